The average Bonchev–Trinajstić information content (AvgIpc) is 3.03. The van der Waals surface area contributed by atoms with Crippen LogP contribution in [0, 0.1) is 3.57 Å². The number of hydrogen-bond acceptors (Lipinski definition) is 8. The molecule has 2 aromatic carbocycles. The molecule has 34 heavy (non-hydrogen) atoms. The van der Waals surface area contributed by atoms with Crippen LogP contribution in [-0.4, -0.2) is 47.2 Å². The number of thioether (sulfide) groups is 1. The van der Waals surface area contributed by atoms with Gasteiger partial charge in [-0.3, -0.25) is 19.3 Å². The molecule has 8 nitrogen and oxygen atoms in total. The van der Waals surface area contributed by atoms with E-state index in [0.717, 1.165) is 16.7 Å². The van der Waals surface area contributed by atoms with Gasteiger partial charge in [0.2, 0.25) is 0 Å². The van der Waals surface area contributed by atoms with Crippen molar-refractivity contribution in [3.63, 3.8) is 0 Å². The molecule has 0 spiro atoms. The van der Waals surface area contributed by atoms with Crippen LogP contribution in [0.5, 0.6) is 11.5 Å². The second-order valence-electron chi connectivity index (χ2n) is 7.33. The summed E-state index contributed by atoms with van der Waals surface area (Å²) in [6, 6.07) is 11.9. The van der Waals surface area contributed by atoms with Crippen molar-refractivity contribution in [3.8, 4) is 11.5 Å². The van der Waals surface area contributed by atoms with Crippen molar-refractivity contribution in [2.75, 3.05) is 13.2 Å². The predicted molar refractivity (Wildman–Crippen MR) is 136 cm³/mol. The number of amides is 2. The van der Waals surface area contributed by atoms with Gasteiger partial charge in [0.05, 0.1) is 26.7 Å². The Labute approximate surface area is 214 Å². The molecule has 2 aromatic rings. The number of imide groups is 1. The smallest absolute Gasteiger partial charge is 0.343 e. The molecule has 0 aliphatic carbocycles. The molecule has 3 rings (SSSR count). The summed E-state index contributed by atoms with van der Waals surface area (Å²) in [7, 11) is 0. The lowest BCUT2D eigenvalue weighted by Crippen LogP contribution is -2.35. The average molecular weight is 595 g/mol. The predicted octanol–water partition coefficient (Wildman–Crippen LogP) is 4.90. The second kappa shape index (κ2) is 11.5. The molecular weight excluding hydrogens is 573 g/mol. The van der Waals surface area contributed by atoms with Crippen LogP contribution in [0.4, 0.5) is 4.79 Å². The van der Waals surface area contributed by atoms with E-state index in [4.69, 9.17) is 14.2 Å². The number of hydrogen-bond donors (Lipinski definition) is 0. The van der Waals surface area contributed by atoms with Crippen LogP contribution in [0.1, 0.15) is 36.7 Å². The molecule has 0 radical (unpaired) electrons. The van der Waals surface area contributed by atoms with E-state index in [1.54, 1.807) is 63.2 Å². The lowest BCUT2D eigenvalue weighted by Gasteiger charge is -2.14. The zero-order valence-corrected chi connectivity index (χ0v) is 21.7. The van der Waals surface area contributed by atoms with Crippen LogP contribution in [0.25, 0.3) is 6.08 Å². The molecule has 0 aromatic heterocycles. The number of rotatable bonds is 8. The number of carbonyl (C=O) groups excluding carboxylic acids is 4. The summed E-state index contributed by atoms with van der Waals surface area (Å²) in [5.41, 5.74) is 0.970. The SMILES string of the molecule is CCOc1cc(/C=C2\SC(=O)N(CC(=O)OC(C)C)C2=O)cc(I)c1OC(=O)c1ccccc1. The van der Waals surface area contributed by atoms with E-state index >= 15 is 0 Å². The fraction of sp³-hybridized carbons (Fsp3) is 0.250. The van der Waals surface area contributed by atoms with E-state index in [1.807, 2.05) is 22.6 Å². The quantitative estimate of drug-likeness (QED) is 0.184. The van der Waals surface area contributed by atoms with Crippen molar-refractivity contribution >= 4 is 63.5 Å². The van der Waals surface area contributed by atoms with Gasteiger partial charge in [0, 0.05) is 0 Å². The summed E-state index contributed by atoms with van der Waals surface area (Å²) in [4.78, 5) is 50.4. The Kier molecular flexibility index (Phi) is 8.72. The van der Waals surface area contributed by atoms with Crippen molar-refractivity contribution in [2.24, 2.45) is 0 Å². The highest BCUT2D eigenvalue weighted by Gasteiger charge is 2.37. The molecular formula is C24H22INO7S. The van der Waals surface area contributed by atoms with Gasteiger partial charge in [-0.25, -0.2) is 4.79 Å². The fourth-order valence-corrected chi connectivity index (χ4v) is 4.55. The lowest BCUT2D eigenvalue weighted by molar-refractivity contribution is -0.149. The van der Waals surface area contributed by atoms with Crippen LogP contribution in [-0.2, 0) is 14.3 Å². The van der Waals surface area contributed by atoms with Crippen LogP contribution in [0.3, 0.4) is 0 Å². The Morgan fingerprint density at radius 3 is 2.50 bits per heavy atom. The Hall–Kier alpha value is -2.86. The Balaban J connectivity index is 1.85. The molecule has 2 amide bonds. The topological polar surface area (TPSA) is 99.2 Å². The zero-order valence-electron chi connectivity index (χ0n) is 18.7. The largest absolute Gasteiger partial charge is 0.490 e. The van der Waals surface area contributed by atoms with Crippen molar-refractivity contribution in [1.82, 2.24) is 4.90 Å². The maximum Gasteiger partial charge on any atom is 0.343 e. The van der Waals surface area contributed by atoms with Gasteiger partial charge >= 0.3 is 11.9 Å². The van der Waals surface area contributed by atoms with Crippen LogP contribution in [0.15, 0.2) is 47.4 Å². The lowest BCUT2D eigenvalue weighted by atomic mass is 10.1. The maximum absolute atomic E-state index is 12.7. The summed E-state index contributed by atoms with van der Waals surface area (Å²) in [5, 5.41) is -0.551. The molecule has 0 unspecified atom stereocenters. The van der Waals surface area contributed by atoms with Gasteiger partial charge < -0.3 is 14.2 Å². The summed E-state index contributed by atoms with van der Waals surface area (Å²) < 4.78 is 16.9. The number of benzene rings is 2. The third-order valence-electron chi connectivity index (χ3n) is 4.36. The second-order valence-corrected chi connectivity index (χ2v) is 9.48. The van der Waals surface area contributed by atoms with Crippen LogP contribution < -0.4 is 9.47 Å². The van der Waals surface area contributed by atoms with Crippen molar-refractivity contribution < 1.29 is 33.4 Å². The van der Waals surface area contributed by atoms with Gasteiger partial charge in [-0.2, -0.15) is 0 Å². The first-order chi connectivity index (χ1) is 16.2. The minimum absolute atomic E-state index is 0.162. The number of halogens is 1. The highest BCUT2D eigenvalue weighted by atomic mass is 127. The third-order valence-corrected chi connectivity index (χ3v) is 6.07. The van der Waals surface area contributed by atoms with Gasteiger partial charge in [-0.05, 0) is 91.0 Å². The number of ether oxygens (including phenoxy) is 3. The van der Waals surface area contributed by atoms with Gasteiger partial charge in [-0.15, -0.1) is 0 Å². The third kappa shape index (κ3) is 6.38. The number of esters is 2. The van der Waals surface area contributed by atoms with E-state index in [-0.39, 0.29) is 16.8 Å². The highest BCUT2D eigenvalue weighted by molar-refractivity contribution is 14.1. The van der Waals surface area contributed by atoms with Gasteiger partial charge in [0.1, 0.15) is 6.54 Å². The van der Waals surface area contributed by atoms with Crippen molar-refractivity contribution in [3.05, 3.63) is 62.1 Å². The van der Waals surface area contributed by atoms with Gasteiger partial charge in [0.15, 0.2) is 11.5 Å². The number of nitrogens with zero attached hydrogens (tertiary/aromatic N) is 1. The Bertz CT molecular complexity index is 1150. The maximum atomic E-state index is 12.7. The Morgan fingerprint density at radius 2 is 1.85 bits per heavy atom. The standard InChI is InChI=1S/C24H22INO7S/c1-4-31-18-11-15(10-17(25)21(18)33-23(29)16-8-6-5-7-9-16)12-19-22(28)26(24(30)34-19)13-20(27)32-14(2)3/h5-12,14H,4,13H2,1-3H3/b19-12-. The molecule has 0 atom stereocenters. The van der Waals surface area contributed by atoms with Crippen LogP contribution in [0.2, 0.25) is 0 Å². The minimum atomic E-state index is -0.656. The zero-order chi connectivity index (χ0) is 24.8. The van der Waals surface area contributed by atoms with E-state index < -0.39 is 29.6 Å². The van der Waals surface area contributed by atoms with Crippen molar-refractivity contribution in [1.29, 1.82) is 0 Å². The minimum Gasteiger partial charge on any atom is -0.490 e. The Morgan fingerprint density at radius 1 is 1.15 bits per heavy atom. The molecule has 178 valence electrons. The van der Waals surface area contributed by atoms with Crippen LogP contribution >= 0.6 is 34.4 Å². The fourth-order valence-electron chi connectivity index (χ4n) is 2.98. The summed E-state index contributed by atoms with van der Waals surface area (Å²) >= 11 is 2.75. The molecule has 1 heterocycles. The first-order valence-electron chi connectivity index (χ1n) is 10.4. The number of carbonyl (C=O) groups is 4. The monoisotopic (exact) mass is 595 g/mol. The van der Waals surface area contributed by atoms with Gasteiger partial charge in [0.25, 0.3) is 11.1 Å². The van der Waals surface area contributed by atoms with E-state index in [2.05, 4.69) is 0 Å². The summed E-state index contributed by atoms with van der Waals surface area (Å²) in [5.74, 6) is -1.18. The van der Waals surface area contributed by atoms with E-state index in [0.29, 0.717) is 27.1 Å². The molecule has 1 aliphatic rings. The summed E-state index contributed by atoms with van der Waals surface area (Å²) in [6.45, 7) is 5.04. The van der Waals surface area contributed by atoms with E-state index in [9.17, 15) is 19.2 Å². The molecule has 1 saturated heterocycles. The highest BCUT2D eigenvalue weighted by Crippen LogP contribution is 2.38. The molecule has 0 saturated carbocycles. The summed E-state index contributed by atoms with van der Waals surface area (Å²) in [6.07, 6.45) is 1.18. The van der Waals surface area contributed by atoms with Gasteiger partial charge in [-0.1, -0.05) is 18.2 Å². The molecule has 1 aliphatic heterocycles. The van der Waals surface area contributed by atoms with E-state index in [1.165, 1.54) is 6.08 Å². The molecule has 1 fully saturated rings. The first kappa shape index (κ1) is 25.8. The normalized spacial score (nSPS) is 14.6. The molecule has 0 N–H and O–H groups in total. The first-order valence-corrected chi connectivity index (χ1v) is 12.3. The van der Waals surface area contributed by atoms with Crippen molar-refractivity contribution in [2.45, 2.75) is 26.9 Å². The molecule has 0 bridgehead atoms. The molecule has 10 heteroatoms.